The topological polar surface area (TPSA) is 68.7 Å². The highest BCUT2D eigenvalue weighted by Crippen LogP contribution is 2.29. The molecule has 0 saturated carbocycles. The fourth-order valence-corrected chi connectivity index (χ4v) is 3.83. The van der Waals surface area contributed by atoms with Gasteiger partial charge >= 0.3 is 5.97 Å². The number of halogens is 1. The van der Waals surface area contributed by atoms with E-state index in [9.17, 15) is 9.59 Å². The van der Waals surface area contributed by atoms with E-state index in [0.29, 0.717) is 10.8 Å². The molecule has 0 spiro atoms. The number of rotatable bonds is 6. The number of methoxy groups -OCH3 is 1. The summed E-state index contributed by atoms with van der Waals surface area (Å²) in [6.07, 6.45) is 0. The number of hydrogen-bond acceptors (Lipinski definition) is 6. The number of esters is 1. The maximum Gasteiger partial charge on any atom is 0.342 e. The zero-order valence-corrected chi connectivity index (χ0v) is 17.2. The van der Waals surface area contributed by atoms with E-state index in [1.54, 1.807) is 19.2 Å². The normalized spacial score (nSPS) is 11.9. The van der Waals surface area contributed by atoms with Crippen molar-refractivity contribution in [1.82, 2.24) is 9.88 Å². The highest BCUT2D eigenvalue weighted by atomic mass is 35.5. The highest BCUT2D eigenvalue weighted by molar-refractivity contribution is 7.18. The summed E-state index contributed by atoms with van der Waals surface area (Å²) < 4.78 is 11.4. The van der Waals surface area contributed by atoms with Gasteiger partial charge in [0, 0.05) is 12.1 Å². The van der Waals surface area contributed by atoms with Crippen LogP contribution in [0.15, 0.2) is 42.5 Å². The van der Waals surface area contributed by atoms with Crippen molar-refractivity contribution < 1.29 is 19.1 Å². The van der Waals surface area contributed by atoms with Gasteiger partial charge in [-0.1, -0.05) is 23.7 Å². The molecule has 3 rings (SSSR count). The third-order valence-electron chi connectivity index (χ3n) is 4.35. The molecule has 0 fully saturated rings. The van der Waals surface area contributed by atoms with Gasteiger partial charge in [0.15, 0.2) is 6.61 Å². The Bertz CT molecular complexity index is 987. The Kier molecular flexibility index (Phi) is 6.16. The third-order valence-corrected chi connectivity index (χ3v) is 5.79. The van der Waals surface area contributed by atoms with Crippen LogP contribution in [0.1, 0.15) is 28.3 Å². The molecule has 8 heteroatoms. The molecule has 6 nitrogen and oxygen atoms in total. The van der Waals surface area contributed by atoms with E-state index < -0.39 is 5.97 Å². The van der Waals surface area contributed by atoms with E-state index in [1.807, 2.05) is 31.2 Å². The second-order valence-corrected chi connectivity index (χ2v) is 7.62. The number of aromatic nitrogens is 1. The first kappa shape index (κ1) is 20.1. The molecule has 0 radical (unpaired) electrons. The Morgan fingerprint density at radius 1 is 1.25 bits per heavy atom. The van der Waals surface area contributed by atoms with Gasteiger partial charge in [0.1, 0.15) is 16.3 Å². The molecule has 0 aliphatic carbocycles. The van der Waals surface area contributed by atoms with Crippen LogP contribution in [0.3, 0.4) is 0 Å². The van der Waals surface area contributed by atoms with E-state index in [1.165, 1.54) is 29.4 Å². The van der Waals surface area contributed by atoms with Crippen LogP contribution in [0.25, 0.3) is 10.2 Å². The Hall–Kier alpha value is -2.64. The summed E-state index contributed by atoms with van der Waals surface area (Å²) in [5.74, 6) is -0.673. The Balaban J connectivity index is 1.65. The van der Waals surface area contributed by atoms with E-state index in [-0.39, 0.29) is 24.1 Å². The summed E-state index contributed by atoms with van der Waals surface area (Å²) in [5, 5.41) is 1.19. The maximum absolute atomic E-state index is 12.5. The fraction of sp³-hybridized carbons (Fsp3) is 0.250. The standard InChI is InChI=1S/C20H19ClN2O4S/c1-12(19-22-15-6-4-5-7-17(15)28-19)23(2)18(24)11-27-20(25)14-10-13(21)8-9-16(14)26-3/h4-10,12H,11H2,1-3H3/t12-/m1/s1. The van der Waals surface area contributed by atoms with Gasteiger partial charge in [0.25, 0.3) is 5.91 Å². The van der Waals surface area contributed by atoms with Gasteiger partial charge in [-0.15, -0.1) is 11.3 Å². The fourth-order valence-electron chi connectivity index (χ4n) is 2.60. The SMILES string of the molecule is COc1ccc(Cl)cc1C(=O)OCC(=O)N(C)[C@H](C)c1nc2ccccc2s1. The first-order valence-corrected chi connectivity index (χ1v) is 9.72. The monoisotopic (exact) mass is 418 g/mol. The molecule has 2 aromatic carbocycles. The number of para-hydroxylation sites is 1. The van der Waals surface area contributed by atoms with E-state index in [0.717, 1.165) is 15.2 Å². The molecule has 0 aliphatic heterocycles. The second-order valence-electron chi connectivity index (χ2n) is 6.12. The van der Waals surface area contributed by atoms with Gasteiger partial charge < -0.3 is 14.4 Å². The van der Waals surface area contributed by atoms with Crippen LogP contribution in [-0.2, 0) is 9.53 Å². The second kappa shape index (κ2) is 8.58. The number of fused-ring (bicyclic) bond motifs is 1. The van der Waals surface area contributed by atoms with E-state index in [4.69, 9.17) is 21.1 Å². The van der Waals surface area contributed by atoms with Crippen LogP contribution in [0, 0.1) is 0 Å². The van der Waals surface area contributed by atoms with Crippen LogP contribution in [0.2, 0.25) is 5.02 Å². The smallest absolute Gasteiger partial charge is 0.342 e. The van der Waals surface area contributed by atoms with Gasteiger partial charge in [-0.3, -0.25) is 4.79 Å². The Morgan fingerprint density at radius 3 is 2.71 bits per heavy atom. The summed E-state index contributed by atoms with van der Waals surface area (Å²) >= 11 is 7.46. The molecule has 1 amide bonds. The number of hydrogen-bond donors (Lipinski definition) is 0. The average molecular weight is 419 g/mol. The zero-order valence-electron chi connectivity index (χ0n) is 15.6. The van der Waals surface area contributed by atoms with Crippen LogP contribution in [0.5, 0.6) is 5.75 Å². The molecular formula is C20H19ClN2O4S. The van der Waals surface area contributed by atoms with E-state index in [2.05, 4.69) is 4.98 Å². The minimum atomic E-state index is -0.672. The quantitative estimate of drug-likeness (QED) is 0.557. The Morgan fingerprint density at radius 2 is 2.00 bits per heavy atom. The number of carbonyl (C=O) groups is 2. The molecule has 1 atom stereocenters. The van der Waals surface area contributed by atoms with Crippen LogP contribution >= 0.6 is 22.9 Å². The first-order chi connectivity index (χ1) is 13.4. The van der Waals surface area contributed by atoms with Crippen LogP contribution in [0.4, 0.5) is 0 Å². The molecule has 1 aromatic heterocycles. The van der Waals surface area contributed by atoms with Crippen molar-refractivity contribution in [3.8, 4) is 5.75 Å². The predicted molar refractivity (Wildman–Crippen MR) is 109 cm³/mol. The molecule has 0 unspecified atom stereocenters. The molecule has 0 aliphatic rings. The van der Waals surface area contributed by atoms with Crippen molar-refractivity contribution in [2.45, 2.75) is 13.0 Å². The number of amides is 1. The predicted octanol–water partition coefficient (Wildman–Crippen LogP) is 4.33. The lowest BCUT2D eigenvalue weighted by Crippen LogP contribution is -2.33. The number of likely N-dealkylation sites (N-methyl/N-ethyl adjacent to an activating group) is 1. The molecule has 0 bridgehead atoms. The molecule has 28 heavy (non-hydrogen) atoms. The third kappa shape index (κ3) is 4.26. The zero-order chi connectivity index (χ0) is 20.3. The van der Waals surface area contributed by atoms with Crippen LogP contribution < -0.4 is 4.74 Å². The van der Waals surface area contributed by atoms with Crippen molar-refractivity contribution >= 4 is 45.0 Å². The highest BCUT2D eigenvalue weighted by Gasteiger charge is 2.23. The molecule has 0 saturated heterocycles. The molecule has 1 heterocycles. The van der Waals surface area contributed by atoms with Crippen molar-refractivity contribution in [3.63, 3.8) is 0 Å². The summed E-state index contributed by atoms with van der Waals surface area (Å²) in [5.41, 5.74) is 1.07. The molecular weight excluding hydrogens is 400 g/mol. The summed E-state index contributed by atoms with van der Waals surface area (Å²) in [7, 11) is 3.10. The number of carbonyl (C=O) groups excluding carboxylic acids is 2. The van der Waals surface area contributed by atoms with Crippen molar-refractivity contribution in [2.75, 3.05) is 20.8 Å². The van der Waals surface area contributed by atoms with Gasteiger partial charge in [0.2, 0.25) is 0 Å². The minimum Gasteiger partial charge on any atom is -0.496 e. The number of ether oxygens (including phenoxy) is 2. The minimum absolute atomic E-state index is 0.171. The number of nitrogens with zero attached hydrogens (tertiary/aromatic N) is 2. The van der Waals surface area contributed by atoms with E-state index >= 15 is 0 Å². The number of thiazole rings is 1. The molecule has 3 aromatic rings. The Labute approximate surface area is 171 Å². The van der Waals surface area contributed by atoms with Crippen molar-refractivity contribution in [3.05, 3.63) is 58.1 Å². The van der Waals surface area contributed by atoms with Crippen LogP contribution in [-0.4, -0.2) is 42.5 Å². The average Bonchev–Trinajstić information content (AvgIpc) is 3.14. The molecule has 0 N–H and O–H groups in total. The summed E-state index contributed by atoms with van der Waals surface area (Å²) in [6, 6.07) is 12.2. The summed E-state index contributed by atoms with van der Waals surface area (Å²) in [4.78, 5) is 30.9. The summed E-state index contributed by atoms with van der Waals surface area (Å²) in [6.45, 7) is 1.50. The lowest BCUT2D eigenvalue weighted by atomic mass is 10.2. The van der Waals surface area contributed by atoms with Crippen molar-refractivity contribution in [1.29, 1.82) is 0 Å². The first-order valence-electron chi connectivity index (χ1n) is 8.52. The van der Waals surface area contributed by atoms with Gasteiger partial charge in [-0.2, -0.15) is 0 Å². The van der Waals surface area contributed by atoms with Gasteiger partial charge in [-0.25, -0.2) is 9.78 Å². The number of benzene rings is 2. The van der Waals surface area contributed by atoms with Gasteiger partial charge in [0.05, 0.1) is 23.4 Å². The van der Waals surface area contributed by atoms with Crippen molar-refractivity contribution in [2.24, 2.45) is 0 Å². The lowest BCUT2D eigenvalue weighted by Gasteiger charge is -2.23. The van der Waals surface area contributed by atoms with Gasteiger partial charge in [-0.05, 0) is 37.3 Å². The maximum atomic E-state index is 12.5. The largest absolute Gasteiger partial charge is 0.496 e. The molecule has 146 valence electrons. The lowest BCUT2D eigenvalue weighted by molar-refractivity contribution is -0.135.